The Morgan fingerprint density at radius 1 is 1.04 bits per heavy atom. The van der Waals surface area contributed by atoms with Gasteiger partial charge in [-0.15, -0.1) is 6.42 Å². The molecule has 0 bridgehead atoms. The normalized spacial score (nSPS) is 64.2. The van der Waals surface area contributed by atoms with E-state index in [1.165, 1.54) is 0 Å². The van der Waals surface area contributed by atoms with E-state index in [1.54, 1.807) is 0 Å². The molecule has 2 N–H and O–H groups in total. The summed E-state index contributed by atoms with van der Waals surface area (Å²) in [6.45, 7) is 4.67. The maximum Gasteiger partial charge on any atom is 0.130 e. The summed E-state index contributed by atoms with van der Waals surface area (Å²) in [7, 11) is 0. The van der Waals surface area contributed by atoms with Crippen LogP contribution in [0, 0.1) is 40.9 Å². The molecule has 5 fully saturated rings. The number of fused-ring (bicyclic) bond motifs is 4. The molecule has 0 unspecified atom stereocenters. The van der Waals surface area contributed by atoms with Crippen LogP contribution in [-0.2, 0) is 4.74 Å². The van der Waals surface area contributed by atoms with E-state index in [0.717, 1.165) is 51.4 Å². The molecule has 5 aliphatic rings. The Balaban J connectivity index is 1.52. The van der Waals surface area contributed by atoms with Crippen molar-refractivity contribution in [3.63, 3.8) is 0 Å². The number of aliphatic hydroxyl groups excluding tert-OH is 1. The van der Waals surface area contributed by atoms with Crippen LogP contribution in [-0.4, -0.2) is 33.6 Å². The molecule has 132 valence electrons. The van der Waals surface area contributed by atoms with Crippen LogP contribution in [0.1, 0.15) is 65.2 Å². The van der Waals surface area contributed by atoms with Gasteiger partial charge in [-0.3, -0.25) is 0 Å². The molecule has 3 heteroatoms. The first-order valence-corrected chi connectivity index (χ1v) is 9.86. The lowest BCUT2D eigenvalue weighted by Gasteiger charge is -2.59. The van der Waals surface area contributed by atoms with Gasteiger partial charge in [-0.2, -0.15) is 0 Å². The Kier molecular flexibility index (Phi) is 2.87. The summed E-state index contributed by atoms with van der Waals surface area (Å²) >= 11 is 0. The molecule has 1 heterocycles. The van der Waals surface area contributed by atoms with Crippen molar-refractivity contribution < 1.29 is 14.9 Å². The average molecular weight is 330 g/mol. The summed E-state index contributed by atoms with van der Waals surface area (Å²) in [5.74, 6) is 4.55. The summed E-state index contributed by atoms with van der Waals surface area (Å²) in [6, 6.07) is 0. The van der Waals surface area contributed by atoms with Gasteiger partial charge in [0.25, 0.3) is 0 Å². The van der Waals surface area contributed by atoms with Gasteiger partial charge in [0.05, 0.1) is 12.2 Å². The van der Waals surface area contributed by atoms with Crippen molar-refractivity contribution >= 4 is 0 Å². The average Bonchev–Trinajstić information content (AvgIpc) is 3.17. The fourth-order valence-corrected chi connectivity index (χ4v) is 7.91. The van der Waals surface area contributed by atoms with Crippen molar-refractivity contribution in [1.29, 1.82) is 0 Å². The van der Waals surface area contributed by atoms with E-state index in [4.69, 9.17) is 11.2 Å². The molecule has 1 saturated heterocycles. The Morgan fingerprint density at radius 2 is 1.71 bits per heavy atom. The van der Waals surface area contributed by atoms with Crippen LogP contribution < -0.4 is 0 Å². The van der Waals surface area contributed by atoms with E-state index in [0.29, 0.717) is 23.9 Å². The fourth-order valence-electron chi connectivity index (χ4n) is 7.91. The summed E-state index contributed by atoms with van der Waals surface area (Å²) in [5, 5.41) is 21.3. The van der Waals surface area contributed by atoms with Crippen LogP contribution in [0.15, 0.2) is 0 Å². The smallest absolute Gasteiger partial charge is 0.130 e. The molecule has 0 aromatic carbocycles. The number of hydrogen-bond acceptors (Lipinski definition) is 3. The Hall–Kier alpha value is -0.560. The minimum absolute atomic E-state index is 0.0550. The van der Waals surface area contributed by atoms with Crippen LogP contribution >= 0.6 is 0 Å². The number of ether oxygens (including phenoxy) is 1. The summed E-state index contributed by atoms with van der Waals surface area (Å²) in [5.41, 5.74) is -0.924. The van der Waals surface area contributed by atoms with Gasteiger partial charge in [-0.25, -0.2) is 0 Å². The molecule has 0 radical (unpaired) electrons. The zero-order valence-corrected chi connectivity index (χ0v) is 14.9. The minimum atomic E-state index is -0.925. The number of rotatable bonds is 0. The van der Waals surface area contributed by atoms with E-state index in [1.807, 2.05) is 0 Å². The van der Waals surface area contributed by atoms with Gasteiger partial charge >= 0.3 is 0 Å². The molecule has 1 spiro atoms. The minimum Gasteiger partial charge on any atom is -0.393 e. The quantitative estimate of drug-likeness (QED) is 0.530. The third-order valence-corrected chi connectivity index (χ3v) is 9.45. The molecular formula is C21H30O3. The van der Waals surface area contributed by atoms with Gasteiger partial charge in [0.2, 0.25) is 0 Å². The predicted molar refractivity (Wildman–Crippen MR) is 91.0 cm³/mol. The molecule has 0 aromatic rings. The van der Waals surface area contributed by atoms with Crippen molar-refractivity contribution in [2.24, 2.45) is 28.6 Å². The molecule has 3 nitrogen and oxygen atoms in total. The van der Waals surface area contributed by atoms with Gasteiger partial charge in [0, 0.05) is 17.3 Å². The zero-order valence-electron chi connectivity index (χ0n) is 14.9. The van der Waals surface area contributed by atoms with Gasteiger partial charge in [-0.1, -0.05) is 19.8 Å². The van der Waals surface area contributed by atoms with Crippen LogP contribution in [0.3, 0.4) is 0 Å². The fraction of sp³-hybridized carbons (Fsp3) is 0.905. The van der Waals surface area contributed by atoms with Crippen molar-refractivity contribution in [1.82, 2.24) is 0 Å². The second-order valence-electron chi connectivity index (χ2n) is 9.92. The lowest BCUT2D eigenvalue weighted by atomic mass is 9.44. The van der Waals surface area contributed by atoms with E-state index in [2.05, 4.69) is 19.8 Å². The second-order valence-corrected chi connectivity index (χ2v) is 9.92. The number of terminal acetylenes is 1. The molecule has 1 aliphatic heterocycles. The monoisotopic (exact) mass is 330 g/mol. The zero-order chi connectivity index (χ0) is 17.0. The van der Waals surface area contributed by atoms with Crippen molar-refractivity contribution in [2.45, 2.75) is 88.6 Å². The Morgan fingerprint density at radius 3 is 2.46 bits per heavy atom. The highest BCUT2D eigenvalue weighted by atomic mass is 16.6. The van der Waals surface area contributed by atoms with E-state index in [-0.39, 0.29) is 22.5 Å². The number of hydrogen-bond donors (Lipinski definition) is 2. The topological polar surface area (TPSA) is 53.0 Å². The first kappa shape index (κ1) is 15.7. The highest BCUT2D eigenvalue weighted by Crippen LogP contribution is 2.74. The Labute approximate surface area is 145 Å². The van der Waals surface area contributed by atoms with E-state index >= 15 is 0 Å². The lowest BCUT2D eigenvalue weighted by molar-refractivity contribution is -0.133. The Bertz CT molecular complexity index is 625. The molecular weight excluding hydrogens is 300 g/mol. The third-order valence-electron chi connectivity index (χ3n) is 9.45. The molecule has 0 aromatic heterocycles. The van der Waals surface area contributed by atoms with Crippen LogP contribution in [0.4, 0.5) is 0 Å². The third kappa shape index (κ3) is 1.53. The van der Waals surface area contributed by atoms with Gasteiger partial charge in [0.1, 0.15) is 11.2 Å². The predicted octanol–water partition coefficient (Wildman–Crippen LogP) is 2.89. The van der Waals surface area contributed by atoms with Crippen molar-refractivity contribution in [3.05, 3.63) is 0 Å². The van der Waals surface area contributed by atoms with Crippen molar-refractivity contribution in [2.75, 3.05) is 0 Å². The van der Waals surface area contributed by atoms with Gasteiger partial charge in [-0.05, 0) is 62.7 Å². The standard InChI is InChI=1S/C21H30O3/c1-4-20(23)10-7-15-14-11-17-21(24-17)12-13(22)5-8-19(21,3)16(14)6-9-18(15,20)2/h1,13-17,22-23H,5-12H2,2-3H3/t13-,14+,15-,16-,17+,18+,19-,20+,21+/m1/s1. The molecule has 0 amide bonds. The van der Waals surface area contributed by atoms with Crippen LogP contribution in [0.2, 0.25) is 0 Å². The van der Waals surface area contributed by atoms with E-state index < -0.39 is 5.60 Å². The molecule has 4 aliphatic carbocycles. The molecule has 9 atom stereocenters. The van der Waals surface area contributed by atoms with Crippen LogP contribution in [0.5, 0.6) is 0 Å². The number of epoxide rings is 1. The highest BCUT2D eigenvalue weighted by Gasteiger charge is 2.76. The first-order valence-electron chi connectivity index (χ1n) is 9.86. The second kappa shape index (κ2) is 4.40. The lowest BCUT2D eigenvalue weighted by Crippen LogP contribution is -2.60. The van der Waals surface area contributed by atoms with Crippen molar-refractivity contribution in [3.8, 4) is 12.3 Å². The SMILES string of the molecule is C#C[C@]1(O)CC[C@@H]2[C@@H]3C[C@@H]4O[C@@]45C[C@H](O)CC[C@]5(C)[C@@H]3CC[C@@]21C. The number of aliphatic hydroxyl groups is 2. The van der Waals surface area contributed by atoms with Gasteiger partial charge < -0.3 is 14.9 Å². The largest absolute Gasteiger partial charge is 0.393 e. The van der Waals surface area contributed by atoms with E-state index in [9.17, 15) is 10.2 Å². The van der Waals surface area contributed by atoms with Crippen LogP contribution in [0.25, 0.3) is 0 Å². The maximum atomic E-state index is 11.1. The summed E-state index contributed by atoms with van der Waals surface area (Å²) in [6.07, 6.45) is 13.8. The van der Waals surface area contributed by atoms with Gasteiger partial charge in [0.15, 0.2) is 0 Å². The molecule has 24 heavy (non-hydrogen) atoms. The highest BCUT2D eigenvalue weighted by molar-refractivity contribution is 5.28. The molecule has 4 saturated carbocycles. The molecule has 5 rings (SSSR count). The maximum absolute atomic E-state index is 11.1. The summed E-state index contributed by atoms with van der Waals surface area (Å²) in [4.78, 5) is 0. The summed E-state index contributed by atoms with van der Waals surface area (Å²) < 4.78 is 6.33. The first-order chi connectivity index (χ1) is 11.3.